The highest BCUT2D eigenvalue weighted by Crippen LogP contribution is 2.13. The average Bonchev–Trinajstić information content (AvgIpc) is 2.53. The van der Waals surface area contributed by atoms with Crippen molar-refractivity contribution in [2.24, 2.45) is 0 Å². The van der Waals surface area contributed by atoms with E-state index in [-0.39, 0.29) is 11.5 Å². The highest BCUT2D eigenvalue weighted by Gasteiger charge is 2.08. The Hall–Kier alpha value is -1.04. The van der Waals surface area contributed by atoms with Crippen LogP contribution < -0.4 is 5.69 Å². The Morgan fingerprint density at radius 1 is 1.60 bits per heavy atom. The number of aromatic amines is 1. The van der Waals surface area contributed by atoms with Crippen LogP contribution >= 0.6 is 11.8 Å². The van der Waals surface area contributed by atoms with Crippen molar-refractivity contribution in [3.8, 4) is 0 Å². The Bertz CT molecular complexity index is 383. The monoisotopic (exact) mass is 229 g/mol. The zero-order valence-electron chi connectivity index (χ0n) is 8.95. The number of hydrogen-bond acceptors (Lipinski definition) is 4. The molecule has 1 aromatic heterocycles. The van der Waals surface area contributed by atoms with Gasteiger partial charge in [-0.25, -0.2) is 9.89 Å². The molecule has 6 heteroatoms. The summed E-state index contributed by atoms with van der Waals surface area (Å²) in [5.41, 5.74) is -0.200. The molecule has 0 fully saturated rings. The van der Waals surface area contributed by atoms with E-state index in [2.05, 4.69) is 17.1 Å². The average molecular weight is 229 g/mol. The molecule has 0 atom stereocenters. The molecule has 0 saturated heterocycles. The number of rotatable bonds is 6. The summed E-state index contributed by atoms with van der Waals surface area (Å²) in [7, 11) is 0. The number of aromatic nitrogens is 3. The minimum atomic E-state index is -0.200. The van der Waals surface area contributed by atoms with Crippen molar-refractivity contribution in [1.82, 2.24) is 14.8 Å². The second-order valence-electron chi connectivity index (χ2n) is 3.31. The lowest BCUT2D eigenvalue weighted by atomic mass is 10.3. The highest BCUT2D eigenvalue weighted by atomic mass is 32.2. The highest BCUT2D eigenvalue weighted by molar-refractivity contribution is 7.99. The van der Waals surface area contributed by atoms with Crippen LogP contribution in [0.3, 0.4) is 0 Å². The molecule has 84 valence electrons. The lowest BCUT2D eigenvalue weighted by Gasteiger charge is -2.02. The topological polar surface area (TPSA) is 67.8 Å². The Balaban J connectivity index is 2.70. The second kappa shape index (κ2) is 5.75. The predicted octanol–water partition coefficient (Wildman–Crippen LogP) is 1.05. The van der Waals surface area contributed by atoms with Crippen molar-refractivity contribution < 1.29 is 4.79 Å². The quantitative estimate of drug-likeness (QED) is 0.740. The van der Waals surface area contributed by atoms with Gasteiger partial charge >= 0.3 is 5.69 Å². The van der Waals surface area contributed by atoms with Crippen LogP contribution in [0.1, 0.15) is 26.7 Å². The van der Waals surface area contributed by atoms with Crippen LogP contribution in [-0.4, -0.2) is 26.3 Å². The van der Waals surface area contributed by atoms with Crippen LogP contribution in [0.5, 0.6) is 0 Å². The van der Waals surface area contributed by atoms with Crippen LogP contribution in [-0.2, 0) is 11.3 Å². The zero-order chi connectivity index (χ0) is 11.3. The van der Waals surface area contributed by atoms with Gasteiger partial charge in [0.15, 0.2) is 5.16 Å². The third kappa shape index (κ3) is 3.54. The number of Topliss-reactive ketones (excluding diaryl/α,β-unsaturated/α-hetero) is 1. The molecule has 0 saturated carbocycles. The van der Waals surface area contributed by atoms with E-state index in [1.54, 1.807) is 4.57 Å². The predicted molar refractivity (Wildman–Crippen MR) is 59.2 cm³/mol. The van der Waals surface area contributed by atoms with Crippen LogP contribution in [0.4, 0.5) is 0 Å². The molecule has 1 aromatic rings. The molecule has 0 aliphatic rings. The molecular weight excluding hydrogens is 214 g/mol. The van der Waals surface area contributed by atoms with Crippen molar-refractivity contribution in [1.29, 1.82) is 0 Å². The number of nitrogens with one attached hydrogen (secondary N) is 1. The molecule has 15 heavy (non-hydrogen) atoms. The largest absolute Gasteiger partial charge is 0.343 e. The van der Waals surface area contributed by atoms with Gasteiger partial charge in [-0.2, -0.15) is 0 Å². The summed E-state index contributed by atoms with van der Waals surface area (Å²) in [6, 6.07) is 0. The van der Waals surface area contributed by atoms with Gasteiger partial charge in [-0.3, -0.25) is 9.36 Å². The van der Waals surface area contributed by atoms with Gasteiger partial charge in [0, 0.05) is 6.54 Å². The fraction of sp³-hybridized carbons (Fsp3) is 0.667. The van der Waals surface area contributed by atoms with E-state index in [0.717, 1.165) is 12.8 Å². The normalized spacial score (nSPS) is 10.5. The van der Waals surface area contributed by atoms with Crippen molar-refractivity contribution in [2.45, 2.75) is 38.4 Å². The van der Waals surface area contributed by atoms with Gasteiger partial charge < -0.3 is 0 Å². The van der Waals surface area contributed by atoms with E-state index in [1.807, 2.05) is 0 Å². The second-order valence-corrected chi connectivity index (χ2v) is 4.25. The van der Waals surface area contributed by atoms with Crippen LogP contribution in [0.25, 0.3) is 0 Å². The Labute approximate surface area is 92.3 Å². The number of ketones is 1. The summed E-state index contributed by atoms with van der Waals surface area (Å²) >= 11 is 1.30. The molecule has 5 nitrogen and oxygen atoms in total. The first-order valence-corrected chi connectivity index (χ1v) is 5.91. The smallest absolute Gasteiger partial charge is 0.299 e. The Kier molecular flexibility index (Phi) is 4.61. The number of unbranched alkanes of at least 4 members (excludes halogenated alkanes) is 1. The molecule has 0 spiro atoms. The minimum Gasteiger partial charge on any atom is -0.299 e. The van der Waals surface area contributed by atoms with Crippen molar-refractivity contribution >= 4 is 17.5 Å². The van der Waals surface area contributed by atoms with Crippen LogP contribution in [0, 0.1) is 0 Å². The first-order chi connectivity index (χ1) is 7.15. The molecule has 0 amide bonds. The van der Waals surface area contributed by atoms with Crippen molar-refractivity contribution in [3.63, 3.8) is 0 Å². The van der Waals surface area contributed by atoms with E-state index in [9.17, 15) is 9.59 Å². The summed E-state index contributed by atoms with van der Waals surface area (Å²) in [4.78, 5) is 22.1. The minimum absolute atomic E-state index is 0.0810. The van der Waals surface area contributed by atoms with Gasteiger partial charge in [-0.15, -0.1) is 5.10 Å². The number of thioether (sulfide) groups is 1. The zero-order valence-corrected chi connectivity index (χ0v) is 9.76. The molecule has 1 heterocycles. The maximum atomic E-state index is 11.3. The van der Waals surface area contributed by atoms with Gasteiger partial charge in [0.25, 0.3) is 0 Å². The van der Waals surface area contributed by atoms with Gasteiger partial charge in [0.2, 0.25) is 0 Å². The molecule has 0 unspecified atom stereocenters. The molecule has 0 bridgehead atoms. The third-order valence-electron chi connectivity index (χ3n) is 1.86. The van der Waals surface area contributed by atoms with E-state index in [0.29, 0.717) is 17.5 Å². The van der Waals surface area contributed by atoms with Gasteiger partial charge in [0.05, 0.1) is 5.75 Å². The number of H-pyrrole nitrogens is 1. The summed E-state index contributed by atoms with van der Waals surface area (Å²) in [5, 5.41) is 6.87. The Morgan fingerprint density at radius 2 is 2.33 bits per heavy atom. The fourth-order valence-electron chi connectivity index (χ4n) is 1.09. The molecule has 0 aliphatic carbocycles. The SMILES string of the molecule is CCCCn1c(SCC(C)=O)n[nH]c1=O. The number of hydrogen-bond donors (Lipinski definition) is 1. The molecule has 1 N–H and O–H groups in total. The Morgan fingerprint density at radius 3 is 2.93 bits per heavy atom. The van der Waals surface area contributed by atoms with Gasteiger partial charge in [0.1, 0.15) is 5.78 Å². The fourth-order valence-corrected chi connectivity index (χ4v) is 1.87. The van der Waals surface area contributed by atoms with Crippen LogP contribution in [0.15, 0.2) is 9.95 Å². The third-order valence-corrected chi connectivity index (χ3v) is 2.98. The van der Waals surface area contributed by atoms with Crippen LogP contribution in [0.2, 0.25) is 0 Å². The first-order valence-electron chi connectivity index (χ1n) is 4.92. The number of carbonyl (C=O) groups is 1. The van der Waals surface area contributed by atoms with E-state index >= 15 is 0 Å². The summed E-state index contributed by atoms with van der Waals surface area (Å²) in [5.74, 6) is 0.439. The van der Waals surface area contributed by atoms with E-state index in [1.165, 1.54) is 18.7 Å². The van der Waals surface area contributed by atoms with Crippen molar-refractivity contribution in [3.05, 3.63) is 10.5 Å². The van der Waals surface area contributed by atoms with E-state index < -0.39 is 0 Å². The van der Waals surface area contributed by atoms with Gasteiger partial charge in [-0.05, 0) is 13.3 Å². The maximum Gasteiger partial charge on any atom is 0.343 e. The summed E-state index contributed by atoms with van der Waals surface area (Å²) in [6.45, 7) is 4.24. The molecule has 0 radical (unpaired) electrons. The number of nitrogens with zero attached hydrogens (tertiary/aromatic N) is 2. The standard InChI is InChI=1S/C9H15N3O2S/c1-3-4-5-12-8(14)10-11-9(12)15-6-7(2)13/h3-6H2,1-2H3,(H,10,14). The summed E-state index contributed by atoms with van der Waals surface area (Å²) < 4.78 is 1.58. The first kappa shape index (κ1) is 12.0. The molecule has 0 aliphatic heterocycles. The van der Waals surface area contributed by atoms with Gasteiger partial charge in [-0.1, -0.05) is 25.1 Å². The number of carbonyl (C=O) groups excluding carboxylic acids is 1. The molecule has 0 aromatic carbocycles. The van der Waals surface area contributed by atoms with Crippen molar-refractivity contribution in [2.75, 3.05) is 5.75 Å². The molecular formula is C9H15N3O2S. The summed E-state index contributed by atoms with van der Waals surface area (Å²) in [6.07, 6.45) is 1.96. The lowest BCUT2D eigenvalue weighted by Crippen LogP contribution is -2.17. The maximum absolute atomic E-state index is 11.3. The lowest BCUT2D eigenvalue weighted by molar-refractivity contribution is -0.114. The molecule has 1 rings (SSSR count). The van der Waals surface area contributed by atoms with E-state index in [4.69, 9.17) is 0 Å².